The van der Waals surface area contributed by atoms with Crippen LogP contribution in [0.5, 0.6) is 0 Å². The van der Waals surface area contributed by atoms with Crippen molar-refractivity contribution < 1.29 is 9.18 Å². The molecule has 0 aliphatic carbocycles. The van der Waals surface area contributed by atoms with Crippen molar-refractivity contribution in [2.75, 3.05) is 26.7 Å². The van der Waals surface area contributed by atoms with Crippen LogP contribution in [0.15, 0.2) is 100.0 Å². The minimum atomic E-state index is -0.266. The Morgan fingerprint density at radius 2 is 1.71 bits per heavy atom. The summed E-state index contributed by atoms with van der Waals surface area (Å²) in [6, 6.07) is 14.4. The highest BCUT2D eigenvalue weighted by Gasteiger charge is 2.17. The van der Waals surface area contributed by atoms with Crippen LogP contribution >= 0.6 is 0 Å². The van der Waals surface area contributed by atoms with Gasteiger partial charge in [-0.2, -0.15) is 0 Å². The summed E-state index contributed by atoms with van der Waals surface area (Å²) < 4.78 is 13.0. The van der Waals surface area contributed by atoms with Gasteiger partial charge < -0.3 is 4.90 Å². The summed E-state index contributed by atoms with van der Waals surface area (Å²) >= 11 is 0. The molecular formula is C35H41FN4O. The number of aliphatic imine (C=N–C) groups is 3. The molecule has 0 atom stereocenters. The number of nitrogens with zero attached hydrogens (tertiary/aromatic N) is 4. The molecular weight excluding hydrogens is 511 g/mol. The van der Waals surface area contributed by atoms with E-state index in [-0.39, 0.29) is 11.7 Å². The van der Waals surface area contributed by atoms with E-state index in [4.69, 9.17) is 6.42 Å². The fraction of sp³-hybridized carbons (Fsp3) is 0.314. The minimum absolute atomic E-state index is 0.244. The minimum Gasteiger partial charge on any atom is -0.342 e. The second-order valence-electron chi connectivity index (χ2n) is 9.38. The molecule has 0 saturated carbocycles. The van der Waals surface area contributed by atoms with Crippen LogP contribution in [0.1, 0.15) is 56.7 Å². The first-order valence-electron chi connectivity index (χ1n) is 14.0. The number of carbonyl (C=O) groups excluding carboxylic acids is 1. The standard InChI is InChI=1S/C19H19FN2.C16H22N2O/c1-4-5-15-6-8-16(9-7-15)14(2)22-19(21-3)17-10-12-18(20)13-11-17;1-4-7-8-15(17-6-3)13-14-9-11-18(12-10-14)16(19)5-2/h4,6-13H,1,5H2,2-3H3;1,7-8,13H,5-6,9-12H2,2-3H3/b;8-7-,17-15?. The van der Waals surface area contributed by atoms with E-state index in [1.54, 1.807) is 25.3 Å². The van der Waals surface area contributed by atoms with Gasteiger partial charge in [0.1, 0.15) is 5.82 Å². The lowest BCUT2D eigenvalue weighted by molar-refractivity contribution is -0.131. The van der Waals surface area contributed by atoms with Crippen LogP contribution in [-0.4, -0.2) is 54.7 Å². The number of carbonyl (C=O) groups is 1. The average molecular weight is 553 g/mol. The van der Waals surface area contributed by atoms with Gasteiger partial charge >= 0.3 is 0 Å². The first-order valence-corrected chi connectivity index (χ1v) is 14.0. The van der Waals surface area contributed by atoms with Crippen molar-refractivity contribution in [2.24, 2.45) is 15.0 Å². The maximum Gasteiger partial charge on any atom is 0.222 e. The Labute approximate surface area is 245 Å². The van der Waals surface area contributed by atoms with Crippen molar-refractivity contribution in [1.82, 2.24) is 4.90 Å². The van der Waals surface area contributed by atoms with Gasteiger partial charge in [-0.25, -0.2) is 9.38 Å². The highest BCUT2D eigenvalue weighted by atomic mass is 19.1. The number of piperidine rings is 1. The van der Waals surface area contributed by atoms with Crippen LogP contribution in [0.4, 0.5) is 4.39 Å². The van der Waals surface area contributed by atoms with E-state index in [0.717, 1.165) is 61.4 Å². The summed E-state index contributed by atoms with van der Waals surface area (Å²) in [4.78, 5) is 26.7. The molecule has 214 valence electrons. The third-order valence-electron chi connectivity index (χ3n) is 6.44. The molecule has 2 aromatic carbocycles. The van der Waals surface area contributed by atoms with Crippen LogP contribution < -0.4 is 0 Å². The molecule has 2 aromatic rings. The first-order chi connectivity index (χ1) is 19.8. The average Bonchev–Trinajstić information content (AvgIpc) is 3.00. The lowest BCUT2D eigenvalue weighted by atomic mass is 10.0. The zero-order chi connectivity index (χ0) is 30.0. The molecule has 1 amide bonds. The van der Waals surface area contributed by atoms with Crippen LogP contribution in [0.25, 0.3) is 0 Å². The number of amides is 1. The van der Waals surface area contributed by atoms with Gasteiger partial charge in [-0.3, -0.25) is 14.8 Å². The van der Waals surface area contributed by atoms with E-state index in [0.29, 0.717) is 12.3 Å². The van der Waals surface area contributed by atoms with Crippen LogP contribution in [0.2, 0.25) is 0 Å². The Morgan fingerprint density at radius 1 is 1.07 bits per heavy atom. The van der Waals surface area contributed by atoms with Crippen molar-refractivity contribution in [3.05, 3.63) is 107 Å². The Morgan fingerprint density at radius 3 is 2.24 bits per heavy atom. The van der Waals surface area contributed by atoms with E-state index in [2.05, 4.69) is 45.7 Å². The molecule has 0 bridgehead atoms. The predicted octanol–water partition coefficient (Wildman–Crippen LogP) is 7.04. The molecule has 1 saturated heterocycles. The third-order valence-corrected chi connectivity index (χ3v) is 6.44. The zero-order valence-corrected chi connectivity index (χ0v) is 24.7. The molecule has 3 rings (SSSR count). The Bertz CT molecular complexity index is 1330. The number of hydrogen-bond donors (Lipinski definition) is 0. The smallest absolute Gasteiger partial charge is 0.222 e. The largest absolute Gasteiger partial charge is 0.342 e. The van der Waals surface area contributed by atoms with Crippen molar-refractivity contribution in [2.45, 2.75) is 46.5 Å². The zero-order valence-electron chi connectivity index (χ0n) is 24.7. The van der Waals surface area contributed by atoms with Crippen molar-refractivity contribution >= 4 is 23.2 Å². The summed E-state index contributed by atoms with van der Waals surface area (Å²) in [7, 11) is 1.68. The van der Waals surface area contributed by atoms with E-state index in [1.165, 1.54) is 23.3 Å². The van der Waals surface area contributed by atoms with Crippen LogP contribution in [0.3, 0.4) is 0 Å². The number of likely N-dealkylation sites (tertiary alicyclic amines) is 1. The van der Waals surface area contributed by atoms with Crippen LogP contribution in [-0.2, 0) is 11.2 Å². The second-order valence-corrected chi connectivity index (χ2v) is 9.38. The SMILES string of the molecule is C#C/C=C\C(C=C1CCN(C(=O)CC)CC1)=NCC.C=CCc1ccc(C(C)=NC(=NC)c2ccc(F)cc2)cc1. The molecule has 0 unspecified atom stereocenters. The van der Waals surface area contributed by atoms with Gasteiger partial charge in [-0.05, 0) is 86.7 Å². The fourth-order valence-corrected chi connectivity index (χ4v) is 4.20. The molecule has 1 aliphatic heterocycles. The normalized spacial score (nSPS) is 14.3. The summed E-state index contributed by atoms with van der Waals surface area (Å²) in [5.74, 6) is 3.05. The number of allylic oxidation sites excluding steroid dienone is 4. The highest BCUT2D eigenvalue weighted by molar-refractivity contribution is 6.11. The van der Waals surface area contributed by atoms with Crippen molar-refractivity contribution in [3.63, 3.8) is 0 Å². The molecule has 0 aromatic heterocycles. The molecule has 5 nitrogen and oxygen atoms in total. The number of benzene rings is 2. The first kappa shape index (κ1) is 32.8. The van der Waals surface area contributed by atoms with Gasteiger partial charge in [-0.15, -0.1) is 13.0 Å². The maximum absolute atomic E-state index is 13.0. The Kier molecular flexibility index (Phi) is 14.5. The quantitative estimate of drug-likeness (QED) is 0.150. The van der Waals surface area contributed by atoms with E-state index < -0.39 is 0 Å². The van der Waals surface area contributed by atoms with E-state index in [9.17, 15) is 9.18 Å². The predicted molar refractivity (Wildman–Crippen MR) is 172 cm³/mol. The maximum atomic E-state index is 13.0. The second kappa shape index (κ2) is 18.1. The van der Waals surface area contributed by atoms with Crippen LogP contribution in [0, 0.1) is 18.2 Å². The van der Waals surface area contributed by atoms with Gasteiger partial charge in [0.15, 0.2) is 5.84 Å². The fourth-order valence-electron chi connectivity index (χ4n) is 4.20. The lowest BCUT2D eigenvalue weighted by Crippen LogP contribution is -2.35. The molecule has 41 heavy (non-hydrogen) atoms. The van der Waals surface area contributed by atoms with Gasteiger partial charge in [0, 0.05) is 44.4 Å². The monoisotopic (exact) mass is 552 g/mol. The summed E-state index contributed by atoms with van der Waals surface area (Å²) in [5, 5.41) is 0. The molecule has 0 spiro atoms. The van der Waals surface area contributed by atoms with E-state index >= 15 is 0 Å². The summed E-state index contributed by atoms with van der Waals surface area (Å²) in [6.45, 7) is 12.0. The van der Waals surface area contributed by atoms with E-state index in [1.807, 2.05) is 50.0 Å². The molecule has 0 radical (unpaired) electrons. The van der Waals surface area contributed by atoms with Crippen molar-refractivity contribution in [1.29, 1.82) is 0 Å². The topological polar surface area (TPSA) is 57.4 Å². The van der Waals surface area contributed by atoms with Gasteiger partial charge in [0.25, 0.3) is 0 Å². The molecule has 1 aliphatic rings. The number of terminal acetylenes is 1. The Hall–Kier alpha value is -4.37. The van der Waals surface area contributed by atoms with Gasteiger partial charge in [0.2, 0.25) is 5.91 Å². The molecule has 1 fully saturated rings. The molecule has 6 heteroatoms. The number of amidine groups is 1. The Balaban J connectivity index is 0.000000290. The summed E-state index contributed by atoms with van der Waals surface area (Å²) in [6.07, 6.45) is 16.0. The van der Waals surface area contributed by atoms with Gasteiger partial charge in [0.05, 0.1) is 5.71 Å². The summed E-state index contributed by atoms with van der Waals surface area (Å²) in [5.41, 5.74) is 6.19. The molecule has 0 N–H and O–H groups in total. The highest BCUT2D eigenvalue weighted by Crippen LogP contribution is 2.17. The lowest BCUT2D eigenvalue weighted by Gasteiger charge is -2.28. The number of hydrogen-bond acceptors (Lipinski definition) is 3. The molecule has 1 heterocycles. The number of halogens is 1. The third kappa shape index (κ3) is 11.3. The number of rotatable bonds is 8. The van der Waals surface area contributed by atoms with Crippen molar-refractivity contribution in [3.8, 4) is 12.3 Å². The van der Waals surface area contributed by atoms with Gasteiger partial charge in [-0.1, -0.05) is 48.8 Å².